The molecule has 1 rings (SSSR count). The molecule has 6 heteroatoms. The van der Waals surface area contributed by atoms with Gasteiger partial charge in [-0.25, -0.2) is 8.78 Å². The highest BCUT2D eigenvalue weighted by atomic mass is 32.2. The van der Waals surface area contributed by atoms with E-state index in [2.05, 4.69) is 0 Å². The normalized spacial score (nSPS) is 14.3. The molecule has 0 aliphatic rings. The summed E-state index contributed by atoms with van der Waals surface area (Å²) < 4.78 is 37.6. The van der Waals surface area contributed by atoms with Crippen molar-refractivity contribution in [2.45, 2.75) is 24.3 Å². The Labute approximate surface area is 99.9 Å². The second-order valence-electron chi connectivity index (χ2n) is 3.50. The summed E-state index contributed by atoms with van der Waals surface area (Å²) in [5.74, 6) is -2.93. The van der Waals surface area contributed by atoms with E-state index in [-0.39, 0.29) is 17.7 Å². The van der Waals surface area contributed by atoms with Crippen LogP contribution in [0.1, 0.15) is 18.9 Å². The van der Waals surface area contributed by atoms with E-state index in [1.54, 1.807) is 6.92 Å². The third-order valence-corrected chi connectivity index (χ3v) is 4.04. The molecule has 2 unspecified atom stereocenters. The molecule has 0 radical (unpaired) electrons. The van der Waals surface area contributed by atoms with Gasteiger partial charge in [-0.05, 0) is 12.5 Å². The number of halogens is 2. The van der Waals surface area contributed by atoms with Crippen LogP contribution in [0, 0.1) is 11.6 Å². The van der Waals surface area contributed by atoms with E-state index in [1.165, 1.54) is 6.07 Å². The van der Waals surface area contributed by atoms with Crippen molar-refractivity contribution in [3.63, 3.8) is 0 Å². The Morgan fingerprint density at radius 3 is 2.59 bits per heavy atom. The fourth-order valence-corrected chi connectivity index (χ4v) is 2.70. The lowest BCUT2D eigenvalue weighted by molar-refractivity contribution is -0.136. The van der Waals surface area contributed by atoms with E-state index in [9.17, 15) is 17.8 Å². The van der Waals surface area contributed by atoms with Gasteiger partial charge in [-0.1, -0.05) is 13.0 Å². The van der Waals surface area contributed by atoms with E-state index in [0.717, 1.165) is 6.07 Å². The molecule has 17 heavy (non-hydrogen) atoms. The van der Waals surface area contributed by atoms with Gasteiger partial charge in [-0.2, -0.15) is 0 Å². The summed E-state index contributed by atoms with van der Waals surface area (Å²) in [5.41, 5.74) is 0.0597. The molecule has 0 heterocycles. The number of rotatable bonds is 5. The summed E-state index contributed by atoms with van der Waals surface area (Å²) in [7, 11) is -1.72. The SMILES string of the molecule is CCC(C(=O)O)S(=O)Cc1ccc(F)cc1F. The van der Waals surface area contributed by atoms with Gasteiger partial charge in [0.25, 0.3) is 0 Å². The average molecular weight is 262 g/mol. The smallest absolute Gasteiger partial charge is 0.319 e. The lowest BCUT2D eigenvalue weighted by Gasteiger charge is -2.10. The lowest BCUT2D eigenvalue weighted by Crippen LogP contribution is -2.25. The predicted molar refractivity (Wildman–Crippen MR) is 59.9 cm³/mol. The van der Waals surface area contributed by atoms with E-state index < -0.39 is 33.7 Å². The summed E-state index contributed by atoms with van der Waals surface area (Å²) >= 11 is 0. The van der Waals surface area contributed by atoms with Gasteiger partial charge in [0.1, 0.15) is 16.9 Å². The third kappa shape index (κ3) is 3.59. The van der Waals surface area contributed by atoms with Crippen molar-refractivity contribution in [1.29, 1.82) is 0 Å². The molecule has 0 spiro atoms. The maximum atomic E-state index is 13.3. The quantitative estimate of drug-likeness (QED) is 0.883. The van der Waals surface area contributed by atoms with Gasteiger partial charge in [-0.3, -0.25) is 9.00 Å². The van der Waals surface area contributed by atoms with Crippen molar-refractivity contribution in [2.75, 3.05) is 0 Å². The van der Waals surface area contributed by atoms with Crippen LogP contribution in [0.2, 0.25) is 0 Å². The Kier molecular flexibility index (Phi) is 4.74. The molecule has 1 aromatic rings. The zero-order valence-electron chi connectivity index (χ0n) is 9.15. The molecule has 1 N–H and O–H groups in total. The average Bonchev–Trinajstić information content (AvgIpc) is 2.22. The zero-order valence-corrected chi connectivity index (χ0v) is 9.97. The highest BCUT2D eigenvalue weighted by Crippen LogP contribution is 2.14. The van der Waals surface area contributed by atoms with Gasteiger partial charge in [0.2, 0.25) is 0 Å². The largest absolute Gasteiger partial charge is 0.480 e. The van der Waals surface area contributed by atoms with Crippen molar-refractivity contribution in [1.82, 2.24) is 0 Å². The minimum atomic E-state index is -1.72. The number of hydrogen-bond acceptors (Lipinski definition) is 2. The standard InChI is InChI=1S/C11H12F2O3S/c1-2-10(11(14)15)17(16)6-7-3-4-8(12)5-9(7)13/h3-5,10H,2,6H2,1H3,(H,14,15). The van der Waals surface area contributed by atoms with Crippen molar-refractivity contribution >= 4 is 16.8 Å². The van der Waals surface area contributed by atoms with Crippen LogP contribution < -0.4 is 0 Å². The molecule has 0 bridgehead atoms. The van der Waals surface area contributed by atoms with Crippen LogP contribution in [0.25, 0.3) is 0 Å². The Bertz CT molecular complexity index is 448. The van der Waals surface area contributed by atoms with Crippen molar-refractivity contribution in [2.24, 2.45) is 0 Å². The summed E-state index contributed by atoms with van der Waals surface area (Å²) in [6, 6.07) is 2.92. The fourth-order valence-electron chi connectivity index (χ4n) is 1.37. The van der Waals surface area contributed by atoms with Gasteiger partial charge in [0, 0.05) is 22.4 Å². The third-order valence-electron chi connectivity index (χ3n) is 2.28. The Morgan fingerprint density at radius 2 is 2.12 bits per heavy atom. The summed E-state index contributed by atoms with van der Waals surface area (Å²) in [4.78, 5) is 10.8. The Hall–Kier alpha value is -1.30. The van der Waals surface area contributed by atoms with Gasteiger partial charge in [0.05, 0.1) is 5.75 Å². The first-order valence-electron chi connectivity index (χ1n) is 4.99. The van der Waals surface area contributed by atoms with Crippen molar-refractivity contribution in [3.05, 3.63) is 35.4 Å². The number of carboxylic acids is 1. The van der Waals surface area contributed by atoms with Crippen LogP contribution in [0.3, 0.4) is 0 Å². The van der Waals surface area contributed by atoms with E-state index in [4.69, 9.17) is 5.11 Å². The van der Waals surface area contributed by atoms with Gasteiger partial charge in [-0.15, -0.1) is 0 Å². The first-order valence-corrected chi connectivity index (χ1v) is 6.37. The Balaban J connectivity index is 2.84. The van der Waals surface area contributed by atoms with Crippen LogP contribution in [0.4, 0.5) is 8.78 Å². The number of aliphatic carboxylic acids is 1. The number of carbonyl (C=O) groups is 1. The fraction of sp³-hybridized carbons (Fsp3) is 0.364. The highest BCUT2D eigenvalue weighted by molar-refractivity contribution is 7.85. The van der Waals surface area contributed by atoms with Crippen LogP contribution in [-0.2, 0) is 21.3 Å². The molecule has 94 valence electrons. The molecule has 0 aromatic heterocycles. The molecular formula is C11H12F2O3S. The second-order valence-corrected chi connectivity index (χ2v) is 5.12. The predicted octanol–water partition coefficient (Wildman–Crippen LogP) is 2.08. The number of hydrogen-bond donors (Lipinski definition) is 1. The molecule has 0 saturated heterocycles. The topological polar surface area (TPSA) is 54.4 Å². The Morgan fingerprint density at radius 1 is 1.47 bits per heavy atom. The van der Waals surface area contributed by atoms with Crippen LogP contribution in [0.5, 0.6) is 0 Å². The van der Waals surface area contributed by atoms with E-state index in [1.807, 2.05) is 0 Å². The van der Waals surface area contributed by atoms with E-state index in [0.29, 0.717) is 6.07 Å². The van der Waals surface area contributed by atoms with E-state index >= 15 is 0 Å². The summed E-state index contributed by atoms with van der Waals surface area (Å²) in [6.07, 6.45) is 0.199. The molecule has 3 nitrogen and oxygen atoms in total. The van der Waals surface area contributed by atoms with Crippen LogP contribution in [0.15, 0.2) is 18.2 Å². The maximum absolute atomic E-state index is 13.3. The molecule has 0 amide bonds. The summed E-state index contributed by atoms with van der Waals surface area (Å²) in [5, 5.41) is 7.76. The monoisotopic (exact) mass is 262 g/mol. The van der Waals surface area contributed by atoms with Gasteiger partial charge in [0.15, 0.2) is 0 Å². The number of carboxylic acid groups (broad SMARTS) is 1. The lowest BCUT2D eigenvalue weighted by atomic mass is 10.2. The van der Waals surface area contributed by atoms with Crippen molar-refractivity contribution in [3.8, 4) is 0 Å². The first-order chi connectivity index (χ1) is 7.95. The van der Waals surface area contributed by atoms with Crippen LogP contribution in [-0.4, -0.2) is 20.5 Å². The molecule has 0 aliphatic carbocycles. The molecule has 0 saturated carbocycles. The molecule has 0 aliphatic heterocycles. The zero-order chi connectivity index (χ0) is 13.0. The first kappa shape index (κ1) is 13.8. The number of benzene rings is 1. The van der Waals surface area contributed by atoms with Gasteiger partial charge < -0.3 is 5.11 Å². The van der Waals surface area contributed by atoms with Crippen LogP contribution >= 0.6 is 0 Å². The maximum Gasteiger partial charge on any atom is 0.319 e. The highest BCUT2D eigenvalue weighted by Gasteiger charge is 2.23. The molecule has 0 fully saturated rings. The molecular weight excluding hydrogens is 250 g/mol. The summed E-state index contributed by atoms with van der Waals surface area (Å²) in [6.45, 7) is 1.59. The second kappa shape index (κ2) is 5.86. The minimum Gasteiger partial charge on any atom is -0.480 e. The minimum absolute atomic E-state index is 0.0597. The van der Waals surface area contributed by atoms with Crippen molar-refractivity contribution < 1.29 is 22.9 Å². The van der Waals surface area contributed by atoms with Gasteiger partial charge >= 0.3 is 5.97 Å². The molecule has 1 aromatic carbocycles. The molecule has 2 atom stereocenters.